The standard InChI is InChI=1S/C15H18O3/c1-8-4-5-11-9(2)14(16)18-13(11)12-10(8)6-7-15(12,3)17/h6-7,10-13,17H,1-2,4-5H2,3H3. The van der Waals surface area contributed by atoms with E-state index in [2.05, 4.69) is 13.2 Å². The number of rotatable bonds is 0. The van der Waals surface area contributed by atoms with Gasteiger partial charge in [0.2, 0.25) is 0 Å². The van der Waals surface area contributed by atoms with Crippen molar-refractivity contribution >= 4 is 5.97 Å². The fraction of sp³-hybridized carbons (Fsp3) is 0.533. The Hall–Kier alpha value is -1.35. The molecule has 2 aliphatic carbocycles. The van der Waals surface area contributed by atoms with Gasteiger partial charge < -0.3 is 9.84 Å². The van der Waals surface area contributed by atoms with Crippen LogP contribution in [0.25, 0.3) is 0 Å². The van der Waals surface area contributed by atoms with Crippen LogP contribution in [0.5, 0.6) is 0 Å². The van der Waals surface area contributed by atoms with E-state index in [4.69, 9.17) is 4.74 Å². The van der Waals surface area contributed by atoms with Gasteiger partial charge in [-0.1, -0.05) is 30.9 Å². The fourth-order valence-corrected chi connectivity index (χ4v) is 3.62. The lowest BCUT2D eigenvalue weighted by Gasteiger charge is -2.34. The number of esters is 1. The van der Waals surface area contributed by atoms with E-state index in [1.54, 1.807) is 6.92 Å². The molecule has 1 N–H and O–H groups in total. The number of hydrogen-bond donors (Lipinski definition) is 1. The third-order valence-corrected chi connectivity index (χ3v) is 4.65. The minimum absolute atomic E-state index is 0.0237. The second kappa shape index (κ2) is 3.58. The van der Waals surface area contributed by atoms with Gasteiger partial charge >= 0.3 is 5.97 Å². The summed E-state index contributed by atoms with van der Waals surface area (Å²) in [5.74, 6) is -0.302. The quantitative estimate of drug-likeness (QED) is 0.404. The summed E-state index contributed by atoms with van der Waals surface area (Å²) in [5.41, 5.74) is 0.731. The molecule has 2 fully saturated rings. The molecule has 1 saturated heterocycles. The summed E-state index contributed by atoms with van der Waals surface area (Å²) in [6.07, 6.45) is 5.25. The highest BCUT2D eigenvalue weighted by Crippen LogP contribution is 2.50. The first-order chi connectivity index (χ1) is 8.42. The van der Waals surface area contributed by atoms with E-state index in [1.807, 2.05) is 12.2 Å². The van der Waals surface area contributed by atoms with Gasteiger partial charge in [-0.15, -0.1) is 0 Å². The largest absolute Gasteiger partial charge is 0.458 e. The van der Waals surface area contributed by atoms with Crippen molar-refractivity contribution in [3.8, 4) is 0 Å². The van der Waals surface area contributed by atoms with E-state index in [0.717, 1.165) is 18.4 Å². The average molecular weight is 246 g/mol. The van der Waals surface area contributed by atoms with E-state index in [0.29, 0.717) is 5.57 Å². The lowest BCUT2D eigenvalue weighted by Crippen LogP contribution is -2.42. The van der Waals surface area contributed by atoms with Crippen LogP contribution in [-0.4, -0.2) is 22.8 Å². The molecule has 5 unspecified atom stereocenters. The number of hydrogen-bond acceptors (Lipinski definition) is 3. The second-order valence-corrected chi connectivity index (χ2v) is 5.84. The Labute approximate surface area is 107 Å². The van der Waals surface area contributed by atoms with Crippen molar-refractivity contribution in [2.24, 2.45) is 17.8 Å². The van der Waals surface area contributed by atoms with Crippen molar-refractivity contribution in [3.63, 3.8) is 0 Å². The van der Waals surface area contributed by atoms with Gasteiger partial charge in [-0.25, -0.2) is 4.79 Å². The Morgan fingerprint density at radius 1 is 1.50 bits per heavy atom. The van der Waals surface area contributed by atoms with Gasteiger partial charge in [0.05, 0.1) is 5.60 Å². The topological polar surface area (TPSA) is 46.5 Å². The Bertz CT molecular complexity index is 472. The minimum atomic E-state index is -0.939. The lowest BCUT2D eigenvalue weighted by molar-refractivity contribution is -0.145. The molecule has 3 rings (SSSR count). The molecule has 0 amide bonds. The zero-order chi connectivity index (χ0) is 13.1. The van der Waals surface area contributed by atoms with Crippen molar-refractivity contribution in [2.45, 2.75) is 31.5 Å². The van der Waals surface area contributed by atoms with E-state index in [9.17, 15) is 9.90 Å². The lowest BCUT2D eigenvalue weighted by atomic mass is 9.76. The van der Waals surface area contributed by atoms with Gasteiger partial charge in [0, 0.05) is 23.3 Å². The monoisotopic (exact) mass is 246 g/mol. The van der Waals surface area contributed by atoms with E-state index >= 15 is 0 Å². The highest BCUT2D eigenvalue weighted by molar-refractivity contribution is 5.91. The highest BCUT2D eigenvalue weighted by atomic mass is 16.6. The van der Waals surface area contributed by atoms with Crippen LogP contribution in [-0.2, 0) is 9.53 Å². The van der Waals surface area contributed by atoms with Crippen LogP contribution in [0.3, 0.4) is 0 Å². The van der Waals surface area contributed by atoms with Gasteiger partial charge in [-0.3, -0.25) is 0 Å². The SMILES string of the molecule is C=C1CCC2C(=C)C(=O)OC2C2C1C=CC2(C)O. The third-order valence-electron chi connectivity index (χ3n) is 4.65. The Morgan fingerprint density at radius 3 is 2.94 bits per heavy atom. The Morgan fingerprint density at radius 2 is 2.22 bits per heavy atom. The Kier molecular flexibility index (Phi) is 2.33. The Balaban J connectivity index is 2.04. The van der Waals surface area contributed by atoms with Crippen LogP contribution in [0.1, 0.15) is 19.8 Å². The molecule has 3 aliphatic rings. The summed E-state index contributed by atoms with van der Waals surface area (Å²) in [6, 6.07) is 0. The first-order valence-corrected chi connectivity index (χ1v) is 6.41. The maximum absolute atomic E-state index is 11.7. The predicted octanol–water partition coefficient (Wildman–Crippen LogP) is 1.99. The maximum Gasteiger partial charge on any atom is 0.334 e. The maximum atomic E-state index is 11.7. The number of aliphatic hydroxyl groups is 1. The molecule has 0 radical (unpaired) electrons. The number of fused-ring (bicyclic) bond motifs is 3. The zero-order valence-corrected chi connectivity index (χ0v) is 10.6. The van der Waals surface area contributed by atoms with Crippen molar-refractivity contribution in [2.75, 3.05) is 0 Å². The second-order valence-electron chi connectivity index (χ2n) is 5.84. The smallest absolute Gasteiger partial charge is 0.334 e. The summed E-state index contributed by atoms with van der Waals surface area (Å²) in [4.78, 5) is 11.7. The van der Waals surface area contributed by atoms with Gasteiger partial charge in [-0.2, -0.15) is 0 Å². The molecule has 18 heavy (non-hydrogen) atoms. The molecule has 0 bridgehead atoms. The van der Waals surface area contributed by atoms with Gasteiger partial charge in [0.15, 0.2) is 0 Å². The van der Waals surface area contributed by atoms with Crippen molar-refractivity contribution in [3.05, 3.63) is 36.5 Å². The molecule has 1 heterocycles. The molecular formula is C15H18O3. The molecule has 3 nitrogen and oxygen atoms in total. The zero-order valence-electron chi connectivity index (χ0n) is 10.6. The third kappa shape index (κ3) is 1.43. The van der Waals surface area contributed by atoms with Crippen LogP contribution >= 0.6 is 0 Å². The molecule has 0 spiro atoms. The van der Waals surface area contributed by atoms with Crippen molar-refractivity contribution < 1.29 is 14.6 Å². The summed E-state index contributed by atoms with van der Waals surface area (Å²) >= 11 is 0. The van der Waals surface area contributed by atoms with Crippen molar-refractivity contribution in [1.82, 2.24) is 0 Å². The molecule has 0 aromatic carbocycles. The summed E-state index contributed by atoms with van der Waals surface area (Å²) in [7, 11) is 0. The van der Waals surface area contributed by atoms with Gasteiger partial charge in [0.1, 0.15) is 6.10 Å². The summed E-state index contributed by atoms with van der Waals surface area (Å²) in [6.45, 7) is 9.74. The van der Waals surface area contributed by atoms with Crippen LogP contribution in [0, 0.1) is 17.8 Å². The van der Waals surface area contributed by atoms with Crippen LogP contribution < -0.4 is 0 Å². The molecule has 0 aromatic heterocycles. The molecule has 1 aliphatic heterocycles. The molecule has 3 heteroatoms. The van der Waals surface area contributed by atoms with Crippen LogP contribution in [0.2, 0.25) is 0 Å². The molecule has 1 saturated carbocycles. The number of ether oxygens (including phenoxy) is 1. The number of carbonyl (C=O) groups is 1. The van der Waals surface area contributed by atoms with E-state index < -0.39 is 5.60 Å². The number of carbonyl (C=O) groups excluding carboxylic acids is 1. The molecule has 5 atom stereocenters. The van der Waals surface area contributed by atoms with Crippen molar-refractivity contribution in [1.29, 1.82) is 0 Å². The number of allylic oxidation sites excluding steroid dienone is 2. The highest BCUT2D eigenvalue weighted by Gasteiger charge is 2.54. The van der Waals surface area contributed by atoms with Gasteiger partial charge in [0.25, 0.3) is 0 Å². The fourth-order valence-electron chi connectivity index (χ4n) is 3.62. The first kappa shape index (κ1) is 11.7. The van der Waals surface area contributed by atoms with Crippen LogP contribution in [0.15, 0.2) is 36.5 Å². The van der Waals surface area contributed by atoms with E-state index in [-0.39, 0.29) is 29.8 Å². The summed E-state index contributed by atoms with van der Waals surface area (Å²) < 4.78 is 5.48. The molecule has 96 valence electrons. The molecule has 0 aromatic rings. The normalized spacial score (nSPS) is 46.7. The minimum Gasteiger partial charge on any atom is -0.458 e. The summed E-state index contributed by atoms with van der Waals surface area (Å²) in [5, 5.41) is 10.5. The van der Waals surface area contributed by atoms with Gasteiger partial charge in [-0.05, 0) is 19.8 Å². The predicted molar refractivity (Wildman–Crippen MR) is 67.6 cm³/mol. The van der Waals surface area contributed by atoms with E-state index in [1.165, 1.54) is 0 Å². The average Bonchev–Trinajstić information content (AvgIpc) is 2.69. The van der Waals surface area contributed by atoms with Crippen LogP contribution in [0.4, 0.5) is 0 Å². The molecular weight excluding hydrogens is 228 g/mol. The first-order valence-electron chi connectivity index (χ1n) is 6.41.